The molecule has 1 aliphatic rings. The highest BCUT2D eigenvalue weighted by molar-refractivity contribution is 7.99. The lowest BCUT2D eigenvalue weighted by Gasteiger charge is -2.30. The Hall–Kier alpha value is -2.24. The lowest BCUT2D eigenvalue weighted by Crippen LogP contribution is -2.27. The van der Waals surface area contributed by atoms with Gasteiger partial charge >= 0.3 is 0 Å². The molecule has 0 radical (unpaired) electrons. The van der Waals surface area contributed by atoms with E-state index in [1.165, 1.54) is 6.92 Å². The summed E-state index contributed by atoms with van der Waals surface area (Å²) in [4.78, 5) is 17.5. The van der Waals surface area contributed by atoms with Crippen LogP contribution in [-0.4, -0.2) is 16.3 Å². The molecule has 0 spiro atoms. The van der Waals surface area contributed by atoms with Crippen molar-refractivity contribution in [1.82, 2.24) is 4.98 Å². The number of anilines is 2. The summed E-state index contributed by atoms with van der Waals surface area (Å²) >= 11 is 7.92. The van der Waals surface area contributed by atoms with Crippen molar-refractivity contribution in [2.45, 2.75) is 18.1 Å². The first-order valence-electron chi connectivity index (χ1n) is 7.85. The van der Waals surface area contributed by atoms with Crippen molar-refractivity contribution < 1.29 is 4.79 Å². The molecular weight excluding hydrogens is 354 g/mol. The zero-order chi connectivity index (χ0) is 17.6. The average molecular weight is 372 g/mol. The van der Waals surface area contributed by atoms with Crippen LogP contribution < -0.4 is 10.2 Å². The summed E-state index contributed by atoms with van der Waals surface area (Å²) < 4.78 is 0. The fourth-order valence-corrected chi connectivity index (χ4v) is 3.76. The number of carbonyl (C=O) groups is 1. The molecule has 0 aliphatic carbocycles. The topological polar surface area (TPSA) is 45.2 Å². The van der Waals surface area contributed by atoms with Gasteiger partial charge in [-0.15, -0.1) is 11.8 Å². The summed E-state index contributed by atoms with van der Waals surface area (Å²) in [6.07, 6.45) is 9.99. The highest BCUT2D eigenvalue weighted by Gasteiger charge is 2.17. The van der Waals surface area contributed by atoms with E-state index in [-0.39, 0.29) is 11.3 Å². The van der Waals surface area contributed by atoms with Crippen LogP contribution in [0.3, 0.4) is 0 Å². The van der Waals surface area contributed by atoms with Gasteiger partial charge in [0.1, 0.15) is 5.82 Å². The Morgan fingerprint density at radius 2 is 2.20 bits per heavy atom. The Morgan fingerprint density at radius 1 is 1.32 bits per heavy atom. The van der Waals surface area contributed by atoms with Gasteiger partial charge in [-0.05, 0) is 42.0 Å². The quantitative estimate of drug-likeness (QED) is 0.816. The monoisotopic (exact) mass is 371 g/mol. The first-order chi connectivity index (χ1) is 12.1. The van der Waals surface area contributed by atoms with Crippen LogP contribution in [0.4, 0.5) is 11.5 Å². The summed E-state index contributed by atoms with van der Waals surface area (Å²) in [5.41, 5.74) is 2.16. The number of hydrogen-bond acceptors (Lipinski definition) is 4. The minimum absolute atomic E-state index is 0.121. The summed E-state index contributed by atoms with van der Waals surface area (Å²) in [6.45, 7) is 1.48. The van der Waals surface area contributed by atoms with Gasteiger partial charge in [-0.2, -0.15) is 0 Å². The molecule has 1 aliphatic heterocycles. The van der Waals surface area contributed by atoms with E-state index in [1.807, 2.05) is 48.6 Å². The van der Waals surface area contributed by atoms with E-state index in [0.717, 1.165) is 22.0 Å². The van der Waals surface area contributed by atoms with Crippen LogP contribution in [-0.2, 0) is 10.5 Å². The molecule has 0 fully saturated rings. The lowest BCUT2D eigenvalue weighted by atomic mass is 10.2. The third-order valence-electron chi connectivity index (χ3n) is 3.56. The van der Waals surface area contributed by atoms with E-state index in [4.69, 9.17) is 11.6 Å². The molecule has 1 amide bonds. The second-order valence-electron chi connectivity index (χ2n) is 5.55. The maximum absolute atomic E-state index is 11.2. The van der Waals surface area contributed by atoms with Gasteiger partial charge in [0.15, 0.2) is 0 Å². The average Bonchev–Trinajstić information content (AvgIpc) is 2.60. The molecule has 1 aromatic carbocycles. The number of rotatable bonds is 5. The molecule has 25 heavy (non-hydrogen) atoms. The van der Waals surface area contributed by atoms with E-state index in [2.05, 4.69) is 27.5 Å². The lowest BCUT2D eigenvalue weighted by molar-refractivity contribution is -0.114. The van der Waals surface area contributed by atoms with E-state index >= 15 is 0 Å². The molecular formula is C19H18ClN3OS. The molecule has 2 heterocycles. The SMILES string of the molecule is CC(=O)Nc1cc(CSC2C=CC=CN2c2cccc(Cl)c2)ccn1. The number of carbonyl (C=O) groups excluding carboxylic acids is 1. The molecule has 0 bridgehead atoms. The number of nitrogens with one attached hydrogen (secondary N) is 1. The minimum atomic E-state index is -0.121. The second kappa shape index (κ2) is 8.23. The van der Waals surface area contributed by atoms with Gasteiger partial charge < -0.3 is 10.2 Å². The maximum atomic E-state index is 11.2. The fourth-order valence-electron chi connectivity index (χ4n) is 2.48. The van der Waals surface area contributed by atoms with Crippen LogP contribution in [0.1, 0.15) is 12.5 Å². The van der Waals surface area contributed by atoms with Gasteiger partial charge in [-0.1, -0.05) is 29.8 Å². The van der Waals surface area contributed by atoms with Crippen molar-refractivity contribution in [3.8, 4) is 0 Å². The van der Waals surface area contributed by atoms with Gasteiger partial charge in [-0.3, -0.25) is 4.79 Å². The zero-order valence-corrected chi connectivity index (χ0v) is 15.3. The first-order valence-corrected chi connectivity index (χ1v) is 9.27. The molecule has 1 atom stereocenters. The highest BCUT2D eigenvalue weighted by Crippen LogP contribution is 2.31. The maximum Gasteiger partial charge on any atom is 0.222 e. The van der Waals surface area contributed by atoms with Gasteiger partial charge in [0.05, 0.1) is 5.37 Å². The van der Waals surface area contributed by atoms with Gasteiger partial charge in [0.2, 0.25) is 5.91 Å². The number of thioether (sulfide) groups is 1. The summed E-state index contributed by atoms with van der Waals surface area (Å²) in [5, 5.41) is 3.60. The number of halogens is 1. The summed E-state index contributed by atoms with van der Waals surface area (Å²) in [5.74, 6) is 1.26. The number of aromatic nitrogens is 1. The molecule has 6 heteroatoms. The Balaban J connectivity index is 1.70. The van der Waals surface area contributed by atoms with Crippen molar-refractivity contribution in [2.75, 3.05) is 10.2 Å². The Kier molecular flexibility index (Phi) is 5.79. The van der Waals surface area contributed by atoms with E-state index in [0.29, 0.717) is 5.82 Å². The van der Waals surface area contributed by atoms with Crippen LogP contribution >= 0.6 is 23.4 Å². The molecule has 3 rings (SSSR count). The number of benzene rings is 1. The van der Waals surface area contributed by atoms with Crippen LogP contribution in [0.15, 0.2) is 67.0 Å². The molecule has 4 nitrogen and oxygen atoms in total. The number of amides is 1. The number of nitrogens with zero attached hydrogens (tertiary/aromatic N) is 2. The summed E-state index contributed by atoms with van der Waals surface area (Å²) in [6, 6.07) is 11.7. The number of hydrogen-bond donors (Lipinski definition) is 1. The van der Waals surface area contributed by atoms with E-state index < -0.39 is 0 Å². The predicted molar refractivity (Wildman–Crippen MR) is 106 cm³/mol. The molecule has 0 saturated carbocycles. The van der Waals surface area contributed by atoms with Crippen LogP contribution in [0, 0.1) is 0 Å². The molecule has 1 unspecified atom stereocenters. The van der Waals surface area contributed by atoms with Crippen molar-refractivity contribution >= 4 is 40.8 Å². The third-order valence-corrected chi connectivity index (χ3v) is 5.02. The minimum Gasteiger partial charge on any atom is -0.332 e. The Labute approximate surface area is 156 Å². The van der Waals surface area contributed by atoms with Crippen molar-refractivity contribution in [3.05, 3.63) is 77.6 Å². The van der Waals surface area contributed by atoms with E-state index in [1.54, 1.807) is 18.0 Å². The number of allylic oxidation sites excluding steroid dienone is 2. The molecule has 2 aromatic rings. The van der Waals surface area contributed by atoms with Crippen molar-refractivity contribution in [2.24, 2.45) is 0 Å². The smallest absolute Gasteiger partial charge is 0.222 e. The normalized spacial score (nSPS) is 16.1. The fraction of sp³-hybridized carbons (Fsp3) is 0.158. The largest absolute Gasteiger partial charge is 0.332 e. The Morgan fingerprint density at radius 3 is 3.00 bits per heavy atom. The van der Waals surface area contributed by atoms with E-state index in [9.17, 15) is 4.79 Å². The highest BCUT2D eigenvalue weighted by atomic mass is 35.5. The number of pyridine rings is 1. The summed E-state index contributed by atoms with van der Waals surface area (Å²) in [7, 11) is 0. The van der Waals surface area contributed by atoms with Crippen LogP contribution in [0.5, 0.6) is 0 Å². The van der Waals surface area contributed by atoms with Crippen molar-refractivity contribution in [3.63, 3.8) is 0 Å². The third kappa shape index (κ3) is 4.87. The van der Waals surface area contributed by atoms with Crippen LogP contribution in [0.2, 0.25) is 5.02 Å². The Bertz CT molecular complexity index is 822. The zero-order valence-electron chi connectivity index (χ0n) is 13.7. The van der Waals surface area contributed by atoms with Gasteiger partial charge in [-0.25, -0.2) is 4.98 Å². The predicted octanol–water partition coefficient (Wildman–Crippen LogP) is 4.84. The van der Waals surface area contributed by atoms with Gasteiger partial charge in [0.25, 0.3) is 0 Å². The molecule has 1 aromatic heterocycles. The first kappa shape index (κ1) is 17.6. The second-order valence-corrected chi connectivity index (χ2v) is 7.09. The molecule has 1 N–H and O–H groups in total. The standard InChI is InChI=1S/C19H18ClN3OS/c1-14(24)22-18-11-15(8-9-21-18)13-25-19-7-2-3-10-23(19)17-6-4-5-16(20)12-17/h2-12,19H,13H2,1H3,(H,21,22,24). The van der Waals surface area contributed by atoms with Crippen LogP contribution in [0.25, 0.3) is 0 Å². The van der Waals surface area contributed by atoms with Crippen molar-refractivity contribution in [1.29, 1.82) is 0 Å². The molecule has 128 valence electrons. The van der Waals surface area contributed by atoms with Gasteiger partial charge in [0, 0.05) is 35.8 Å². The molecule has 0 saturated heterocycles.